The van der Waals surface area contributed by atoms with Crippen LogP contribution in [0.3, 0.4) is 0 Å². The third-order valence-corrected chi connectivity index (χ3v) is 2.61. The summed E-state index contributed by atoms with van der Waals surface area (Å²) in [5.41, 5.74) is 0. The molecule has 0 unspecified atom stereocenters. The molecule has 0 aliphatic heterocycles. The summed E-state index contributed by atoms with van der Waals surface area (Å²) >= 11 is 0. The smallest absolute Gasteiger partial charge is 0.0178 e. The van der Waals surface area contributed by atoms with Gasteiger partial charge in [0, 0.05) is 0 Å². The predicted molar refractivity (Wildman–Crippen MR) is 70.0 cm³/mol. The van der Waals surface area contributed by atoms with Gasteiger partial charge in [0.05, 0.1) is 0 Å². The summed E-state index contributed by atoms with van der Waals surface area (Å²) in [7, 11) is 0. The van der Waals surface area contributed by atoms with Crippen molar-refractivity contribution in [2.24, 2.45) is 0 Å². The van der Waals surface area contributed by atoms with E-state index in [2.05, 4.69) is 60.7 Å². The first kappa shape index (κ1) is 10.6. The molecule has 0 bridgehead atoms. The number of benzene rings is 3. The molecule has 0 spiro atoms. The maximum Gasteiger partial charge on any atom is -0.0178 e. The Balaban J connectivity index is 0.000000853. The van der Waals surface area contributed by atoms with Gasteiger partial charge >= 0.3 is 27.3 Å². The fraction of sp³-hybridized carbons (Fsp3) is 0. The van der Waals surface area contributed by atoms with Crippen molar-refractivity contribution < 1.29 is 0 Å². The summed E-state index contributed by atoms with van der Waals surface area (Å²) in [5, 5.41) is 5.25. The van der Waals surface area contributed by atoms with Gasteiger partial charge < -0.3 is 0 Å². The van der Waals surface area contributed by atoms with Crippen molar-refractivity contribution in [3.63, 3.8) is 0 Å². The molecule has 0 N–H and O–H groups in total. The van der Waals surface area contributed by atoms with E-state index in [1.54, 1.807) is 0 Å². The van der Waals surface area contributed by atoms with E-state index in [9.17, 15) is 0 Å². The van der Waals surface area contributed by atoms with Gasteiger partial charge in [-0.3, -0.25) is 0 Å². The number of rotatable bonds is 0. The summed E-state index contributed by atoms with van der Waals surface area (Å²) in [5.74, 6) is 0. The monoisotopic (exact) mass is 388 g/mol. The summed E-state index contributed by atoms with van der Waals surface area (Å²) in [4.78, 5) is 0. The summed E-state index contributed by atoms with van der Waals surface area (Å²) in [6, 6.07) is 21.4. The van der Waals surface area contributed by atoms with E-state index in [1.807, 2.05) is 0 Å². The van der Waals surface area contributed by atoms with Gasteiger partial charge in [-0.2, -0.15) is 0 Å². The Morgan fingerprint density at radius 2 is 0.733 bits per heavy atom. The topological polar surface area (TPSA) is 0 Å². The van der Waals surface area contributed by atoms with Crippen LogP contribution >= 0.6 is 0 Å². The van der Waals surface area contributed by atoms with Crippen LogP contribution in [-0.2, 0) is 0 Å². The molecular weight excluding hydrogens is 375 g/mol. The van der Waals surface area contributed by atoms with E-state index in [0.717, 1.165) is 0 Å². The van der Waals surface area contributed by atoms with Gasteiger partial charge in [0.25, 0.3) is 0 Å². The fourth-order valence-electron chi connectivity index (χ4n) is 1.88. The average molecular weight is 387 g/mol. The minimum absolute atomic E-state index is 0. The Bertz CT molecular complexity index is 494. The normalized spacial score (nSPS) is 10.1. The van der Waals surface area contributed by atoms with Gasteiger partial charge in [0.2, 0.25) is 0 Å². The van der Waals surface area contributed by atoms with Crippen molar-refractivity contribution in [2.45, 2.75) is 0 Å². The van der Waals surface area contributed by atoms with Crippen LogP contribution in [0.4, 0.5) is 0 Å². The summed E-state index contributed by atoms with van der Waals surface area (Å²) < 4.78 is 0. The van der Waals surface area contributed by atoms with Gasteiger partial charge in [-0.25, -0.2) is 0 Å². The van der Waals surface area contributed by atoms with Crippen LogP contribution < -0.4 is 0 Å². The molecule has 3 rings (SSSR count). The molecule has 0 heterocycles. The van der Waals surface area contributed by atoms with Crippen LogP contribution in [0.15, 0.2) is 60.7 Å². The minimum atomic E-state index is 0. The van der Waals surface area contributed by atoms with Crippen LogP contribution in [0.25, 0.3) is 21.5 Å². The van der Waals surface area contributed by atoms with Crippen molar-refractivity contribution in [1.82, 2.24) is 0 Å². The van der Waals surface area contributed by atoms with Crippen molar-refractivity contribution in [3.05, 3.63) is 60.7 Å². The standard InChI is InChI=1S/C14H10.Pb.2H/c1-2-6-12-10-14-8-4-3-7-13(14)9-11(12)5-1;;;/h1-10H;;;. The van der Waals surface area contributed by atoms with E-state index in [-0.39, 0.29) is 27.3 Å². The Morgan fingerprint density at radius 3 is 1.00 bits per heavy atom. The first-order valence-electron chi connectivity index (χ1n) is 4.81. The largest absolute Gasteiger partial charge is 0.0616 e. The maximum atomic E-state index is 2.24. The third-order valence-electron chi connectivity index (χ3n) is 2.61. The molecule has 0 aliphatic carbocycles. The first-order chi connectivity index (χ1) is 6.93. The maximum absolute atomic E-state index is 2.24. The molecule has 1 heteroatoms. The van der Waals surface area contributed by atoms with Crippen molar-refractivity contribution in [2.75, 3.05) is 0 Å². The Kier molecular flexibility index (Phi) is 3.05. The van der Waals surface area contributed by atoms with E-state index in [4.69, 9.17) is 0 Å². The van der Waals surface area contributed by atoms with E-state index < -0.39 is 0 Å². The van der Waals surface area contributed by atoms with E-state index >= 15 is 0 Å². The minimum Gasteiger partial charge on any atom is -0.0616 e. The van der Waals surface area contributed by atoms with Gasteiger partial charge in [-0.1, -0.05) is 48.5 Å². The zero-order valence-electron chi connectivity index (χ0n) is 8.48. The number of hydrogen-bond donors (Lipinski definition) is 0. The Labute approximate surface area is 109 Å². The van der Waals surface area contributed by atoms with Gasteiger partial charge in [0.1, 0.15) is 0 Å². The summed E-state index contributed by atoms with van der Waals surface area (Å²) in [6.45, 7) is 0. The first-order valence-corrected chi connectivity index (χ1v) is 4.81. The fourth-order valence-corrected chi connectivity index (χ4v) is 1.88. The predicted octanol–water partition coefficient (Wildman–Crippen LogP) is 3.08. The van der Waals surface area contributed by atoms with Gasteiger partial charge in [-0.05, 0) is 33.7 Å². The van der Waals surface area contributed by atoms with Crippen molar-refractivity contribution in [3.8, 4) is 0 Å². The Morgan fingerprint density at radius 1 is 0.467 bits per heavy atom. The van der Waals surface area contributed by atoms with E-state index in [0.29, 0.717) is 0 Å². The van der Waals surface area contributed by atoms with Crippen molar-refractivity contribution >= 4 is 48.8 Å². The van der Waals surface area contributed by atoms with Gasteiger partial charge in [-0.15, -0.1) is 0 Å². The van der Waals surface area contributed by atoms with Crippen LogP contribution in [0.1, 0.15) is 0 Å². The second-order valence-corrected chi connectivity index (χ2v) is 3.55. The molecule has 3 aromatic carbocycles. The molecule has 3 aromatic rings. The zero-order valence-corrected chi connectivity index (χ0v) is 14.0. The van der Waals surface area contributed by atoms with Crippen LogP contribution in [0.5, 0.6) is 0 Å². The number of fused-ring (bicyclic) bond motifs is 2. The zero-order chi connectivity index (χ0) is 9.38. The number of hydrogen-bond acceptors (Lipinski definition) is 0. The molecular formula is C14H12Pb. The van der Waals surface area contributed by atoms with Gasteiger partial charge in [0.15, 0.2) is 0 Å². The van der Waals surface area contributed by atoms with Crippen LogP contribution in [0.2, 0.25) is 0 Å². The molecule has 2 radical (unpaired) electrons. The molecule has 0 saturated carbocycles. The second-order valence-electron chi connectivity index (χ2n) is 3.55. The third kappa shape index (κ3) is 1.91. The molecule has 0 atom stereocenters. The molecule has 0 aromatic heterocycles. The molecule has 0 fully saturated rings. The molecule has 72 valence electrons. The Hall–Kier alpha value is -0.898. The molecule has 0 nitrogen and oxygen atoms in total. The van der Waals surface area contributed by atoms with Crippen LogP contribution in [0, 0.1) is 0 Å². The molecule has 15 heavy (non-hydrogen) atoms. The summed E-state index contributed by atoms with van der Waals surface area (Å²) in [6.07, 6.45) is 0. The average Bonchev–Trinajstić information content (AvgIpc) is 2.26. The van der Waals surface area contributed by atoms with Crippen molar-refractivity contribution in [1.29, 1.82) is 0 Å². The van der Waals surface area contributed by atoms with E-state index in [1.165, 1.54) is 21.5 Å². The molecule has 0 aliphatic rings. The van der Waals surface area contributed by atoms with Crippen LogP contribution in [-0.4, -0.2) is 27.3 Å². The SMILES string of the molecule is [PbH2].c1ccc2cc3ccccc3cc2c1. The molecule has 0 amide bonds. The molecule has 0 saturated heterocycles. The second kappa shape index (κ2) is 4.31. The quantitative estimate of drug-likeness (QED) is 0.411.